The molecular weight excluding hydrogens is 370 g/mol. The highest BCUT2D eigenvalue weighted by molar-refractivity contribution is 7.98. The second-order valence-corrected chi connectivity index (χ2v) is 7.75. The Morgan fingerprint density at radius 1 is 1.21 bits per heavy atom. The summed E-state index contributed by atoms with van der Waals surface area (Å²) in [4.78, 5) is 17.0. The van der Waals surface area contributed by atoms with Gasteiger partial charge in [0.05, 0.1) is 11.8 Å². The SMILES string of the molecule is CCCCCC(NC(=O)c1ccc(CSc2nccn2C)o1)c1ccccc1. The first kappa shape index (κ1) is 20.3. The molecule has 0 spiro atoms. The molecule has 0 aliphatic rings. The second-order valence-electron chi connectivity index (χ2n) is 6.81. The van der Waals surface area contributed by atoms with E-state index in [1.54, 1.807) is 24.0 Å². The largest absolute Gasteiger partial charge is 0.455 e. The molecule has 0 aliphatic heterocycles. The first-order valence-electron chi connectivity index (χ1n) is 9.72. The van der Waals surface area contributed by atoms with Crippen LogP contribution in [0.4, 0.5) is 0 Å². The lowest BCUT2D eigenvalue weighted by Gasteiger charge is -2.18. The van der Waals surface area contributed by atoms with E-state index in [0.29, 0.717) is 11.5 Å². The van der Waals surface area contributed by atoms with Crippen LogP contribution >= 0.6 is 11.8 Å². The van der Waals surface area contributed by atoms with Gasteiger partial charge in [0.25, 0.3) is 5.91 Å². The third kappa shape index (κ3) is 5.52. The van der Waals surface area contributed by atoms with Gasteiger partial charge in [0.15, 0.2) is 10.9 Å². The molecule has 1 N–H and O–H groups in total. The van der Waals surface area contributed by atoms with Gasteiger partial charge in [-0.25, -0.2) is 4.98 Å². The number of carbonyl (C=O) groups excluding carboxylic acids is 1. The molecule has 28 heavy (non-hydrogen) atoms. The summed E-state index contributed by atoms with van der Waals surface area (Å²) in [6.07, 6.45) is 8.00. The molecule has 3 rings (SSSR count). The van der Waals surface area contributed by atoms with Gasteiger partial charge in [-0.3, -0.25) is 4.79 Å². The molecular formula is C22H27N3O2S. The lowest BCUT2D eigenvalue weighted by atomic mass is 10.0. The van der Waals surface area contributed by atoms with Crippen molar-refractivity contribution in [2.75, 3.05) is 0 Å². The second kappa shape index (κ2) is 10.2. The Kier molecular flexibility index (Phi) is 7.37. The van der Waals surface area contributed by atoms with E-state index in [-0.39, 0.29) is 11.9 Å². The van der Waals surface area contributed by atoms with Crippen molar-refractivity contribution in [3.8, 4) is 0 Å². The molecule has 1 unspecified atom stereocenters. The minimum Gasteiger partial charge on any atom is -0.455 e. The number of hydrogen-bond acceptors (Lipinski definition) is 4. The highest BCUT2D eigenvalue weighted by atomic mass is 32.2. The van der Waals surface area contributed by atoms with Crippen molar-refractivity contribution in [2.45, 2.75) is 49.6 Å². The molecule has 1 atom stereocenters. The van der Waals surface area contributed by atoms with Gasteiger partial charge in [0.1, 0.15) is 5.76 Å². The van der Waals surface area contributed by atoms with E-state index in [2.05, 4.69) is 29.4 Å². The molecule has 5 nitrogen and oxygen atoms in total. The minimum absolute atomic E-state index is 0.00394. The standard InChI is InChI=1S/C22H27N3O2S/c1-3-4-6-11-19(17-9-7-5-8-10-17)24-21(26)20-13-12-18(27-20)16-28-22-23-14-15-25(22)2/h5,7-10,12-15,19H,3-4,6,11,16H2,1-2H3,(H,24,26). The van der Waals surface area contributed by atoms with Crippen LogP contribution in [-0.4, -0.2) is 15.5 Å². The number of furan rings is 1. The van der Waals surface area contributed by atoms with E-state index >= 15 is 0 Å². The summed E-state index contributed by atoms with van der Waals surface area (Å²) in [5.74, 6) is 1.59. The molecule has 6 heteroatoms. The van der Waals surface area contributed by atoms with Crippen molar-refractivity contribution >= 4 is 17.7 Å². The predicted octanol–water partition coefficient (Wildman–Crippen LogP) is 5.36. The van der Waals surface area contributed by atoms with E-state index < -0.39 is 0 Å². The number of carbonyl (C=O) groups is 1. The van der Waals surface area contributed by atoms with Crippen LogP contribution in [0, 0.1) is 0 Å². The Bertz CT molecular complexity index is 873. The molecule has 0 saturated carbocycles. The number of aryl methyl sites for hydroxylation is 1. The van der Waals surface area contributed by atoms with Gasteiger partial charge in [-0.2, -0.15) is 0 Å². The number of amides is 1. The van der Waals surface area contributed by atoms with E-state index in [1.165, 1.54) is 0 Å². The van der Waals surface area contributed by atoms with E-state index in [1.807, 2.05) is 42.1 Å². The van der Waals surface area contributed by atoms with Crippen molar-refractivity contribution < 1.29 is 9.21 Å². The smallest absolute Gasteiger partial charge is 0.287 e. The summed E-state index contributed by atoms with van der Waals surface area (Å²) >= 11 is 1.58. The van der Waals surface area contributed by atoms with Crippen LogP contribution < -0.4 is 5.32 Å². The molecule has 0 saturated heterocycles. The van der Waals surface area contributed by atoms with Crippen molar-refractivity contribution in [1.29, 1.82) is 0 Å². The van der Waals surface area contributed by atoms with Crippen molar-refractivity contribution in [3.05, 3.63) is 71.9 Å². The fourth-order valence-electron chi connectivity index (χ4n) is 3.04. The molecule has 2 heterocycles. The molecule has 2 aromatic heterocycles. The third-order valence-corrected chi connectivity index (χ3v) is 5.69. The summed E-state index contributed by atoms with van der Waals surface area (Å²) in [7, 11) is 1.96. The van der Waals surface area contributed by atoms with Gasteiger partial charge >= 0.3 is 0 Å². The molecule has 0 aliphatic carbocycles. The predicted molar refractivity (Wildman–Crippen MR) is 112 cm³/mol. The van der Waals surface area contributed by atoms with E-state index in [4.69, 9.17) is 4.42 Å². The van der Waals surface area contributed by atoms with Crippen LogP contribution in [0.2, 0.25) is 0 Å². The number of benzene rings is 1. The minimum atomic E-state index is -0.168. The van der Waals surface area contributed by atoms with Crippen LogP contribution in [0.15, 0.2) is 64.4 Å². The summed E-state index contributed by atoms with van der Waals surface area (Å²) < 4.78 is 7.74. The number of thioether (sulfide) groups is 1. The highest BCUT2D eigenvalue weighted by Crippen LogP contribution is 2.23. The monoisotopic (exact) mass is 397 g/mol. The number of hydrogen-bond donors (Lipinski definition) is 1. The molecule has 3 aromatic rings. The molecule has 1 amide bonds. The fraction of sp³-hybridized carbons (Fsp3) is 0.364. The molecule has 1 aromatic carbocycles. The summed E-state index contributed by atoms with van der Waals surface area (Å²) in [5, 5.41) is 4.06. The summed E-state index contributed by atoms with van der Waals surface area (Å²) in [6.45, 7) is 2.18. The number of rotatable bonds is 10. The zero-order valence-electron chi connectivity index (χ0n) is 16.4. The van der Waals surface area contributed by atoms with Crippen LogP contribution in [0.5, 0.6) is 0 Å². The molecule has 148 valence electrons. The van der Waals surface area contributed by atoms with Crippen molar-refractivity contribution in [1.82, 2.24) is 14.9 Å². The van der Waals surface area contributed by atoms with Gasteiger partial charge < -0.3 is 14.3 Å². The maximum absolute atomic E-state index is 12.7. The Labute approximate surface area is 170 Å². The maximum atomic E-state index is 12.7. The zero-order valence-corrected chi connectivity index (χ0v) is 17.2. The normalized spacial score (nSPS) is 12.1. The Morgan fingerprint density at radius 2 is 2.04 bits per heavy atom. The molecule has 0 radical (unpaired) electrons. The lowest BCUT2D eigenvalue weighted by Crippen LogP contribution is -2.28. The Morgan fingerprint density at radius 3 is 2.75 bits per heavy atom. The van der Waals surface area contributed by atoms with Gasteiger partial charge in [-0.1, -0.05) is 68.3 Å². The van der Waals surface area contributed by atoms with E-state index in [0.717, 1.165) is 42.2 Å². The van der Waals surface area contributed by atoms with Crippen molar-refractivity contribution in [3.63, 3.8) is 0 Å². The quantitative estimate of drug-likeness (QED) is 0.370. The van der Waals surface area contributed by atoms with E-state index in [9.17, 15) is 4.79 Å². The number of unbranched alkanes of at least 4 members (excludes halogenated alkanes) is 2. The van der Waals surface area contributed by atoms with Crippen LogP contribution in [-0.2, 0) is 12.8 Å². The van der Waals surface area contributed by atoms with Gasteiger partial charge in [-0.15, -0.1) is 0 Å². The van der Waals surface area contributed by atoms with Gasteiger partial charge in [0.2, 0.25) is 0 Å². The van der Waals surface area contributed by atoms with Crippen molar-refractivity contribution in [2.24, 2.45) is 7.05 Å². The topological polar surface area (TPSA) is 60.1 Å². The Hall–Kier alpha value is -2.47. The fourth-order valence-corrected chi connectivity index (χ4v) is 3.87. The first-order chi connectivity index (χ1) is 13.7. The lowest BCUT2D eigenvalue weighted by molar-refractivity contribution is 0.0904. The number of imidazole rings is 1. The highest BCUT2D eigenvalue weighted by Gasteiger charge is 2.18. The zero-order chi connectivity index (χ0) is 19.8. The number of nitrogens with one attached hydrogen (secondary N) is 1. The van der Waals surface area contributed by atoms with Gasteiger partial charge in [-0.05, 0) is 24.1 Å². The molecule has 0 bridgehead atoms. The van der Waals surface area contributed by atoms with Crippen LogP contribution in [0.3, 0.4) is 0 Å². The third-order valence-electron chi connectivity index (χ3n) is 4.61. The summed E-state index contributed by atoms with van der Waals surface area (Å²) in [5.41, 5.74) is 1.13. The number of aromatic nitrogens is 2. The first-order valence-corrected chi connectivity index (χ1v) is 10.7. The van der Waals surface area contributed by atoms with Gasteiger partial charge in [0, 0.05) is 19.4 Å². The Balaban J connectivity index is 1.61. The van der Waals surface area contributed by atoms with Crippen LogP contribution in [0.1, 0.15) is 60.5 Å². The average molecular weight is 398 g/mol. The van der Waals surface area contributed by atoms with Crippen LogP contribution in [0.25, 0.3) is 0 Å². The number of nitrogens with zero attached hydrogens (tertiary/aromatic N) is 2. The average Bonchev–Trinajstić information content (AvgIpc) is 3.35. The molecule has 0 fully saturated rings. The maximum Gasteiger partial charge on any atom is 0.287 e. The summed E-state index contributed by atoms with van der Waals surface area (Å²) in [6, 6.07) is 13.7.